The van der Waals surface area contributed by atoms with E-state index in [2.05, 4.69) is 15.9 Å². The molecular weight excluding hydrogens is 290 g/mol. The fraction of sp³-hybridized carbons (Fsp3) is 0.667. The van der Waals surface area contributed by atoms with Crippen molar-refractivity contribution in [1.29, 1.82) is 0 Å². The summed E-state index contributed by atoms with van der Waals surface area (Å²) in [5, 5.41) is 11.5. The Kier molecular flexibility index (Phi) is 5.62. The third kappa shape index (κ3) is 4.30. The summed E-state index contributed by atoms with van der Waals surface area (Å²) in [7, 11) is 0. The molecule has 2 saturated heterocycles. The van der Waals surface area contributed by atoms with Gasteiger partial charge < -0.3 is 0 Å². The highest BCUT2D eigenvalue weighted by molar-refractivity contribution is 5.45. The molecule has 2 heterocycles. The van der Waals surface area contributed by atoms with Crippen molar-refractivity contribution in [3.05, 3.63) is 39.4 Å². The minimum atomic E-state index is -0.209. The number of nitro benzene ring substituents is 1. The van der Waals surface area contributed by atoms with Gasteiger partial charge >= 0.3 is 0 Å². The van der Waals surface area contributed by atoms with Crippen LogP contribution < -0.4 is 0 Å². The molecule has 5 heteroatoms. The molecule has 0 spiro atoms. The number of nitrogens with zero attached hydrogens (tertiary/aromatic N) is 3. The maximum atomic E-state index is 11.5. The van der Waals surface area contributed by atoms with E-state index in [4.69, 9.17) is 0 Å². The lowest BCUT2D eigenvalue weighted by molar-refractivity contribution is -0.385. The average molecular weight is 317 g/mol. The highest BCUT2D eigenvalue weighted by Gasteiger charge is 2.22. The van der Waals surface area contributed by atoms with Crippen molar-refractivity contribution in [3.63, 3.8) is 0 Å². The monoisotopic (exact) mass is 317 g/mol. The number of hydrogen-bond donors (Lipinski definition) is 0. The molecule has 0 amide bonds. The molecule has 0 bridgehead atoms. The number of likely N-dealkylation sites (tertiary alicyclic amines) is 2. The summed E-state index contributed by atoms with van der Waals surface area (Å²) in [6.07, 6.45) is 7.51. The Labute approximate surface area is 138 Å². The Hall–Kier alpha value is -1.46. The molecule has 2 aliphatic heterocycles. The number of nitro groups is 1. The van der Waals surface area contributed by atoms with Crippen LogP contribution in [0.15, 0.2) is 18.2 Å². The van der Waals surface area contributed by atoms with E-state index in [0.717, 1.165) is 50.4 Å². The second kappa shape index (κ2) is 7.88. The van der Waals surface area contributed by atoms with Crippen LogP contribution in [0.3, 0.4) is 0 Å². The highest BCUT2D eigenvalue weighted by atomic mass is 16.6. The molecule has 5 nitrogen and oxygen atoms in total. The van der Waals surface area contributed by atoms with E-state index in [9.17, 15) is 10.1 Å². The van der Waals surface area contributed by atoms with Gasteiger partial charge in [0.1, 0.15) is 0 Å². The normalized spacial score (nSPS) is 20.5. The van der Waals surface area contributed by atoms with Crippen LogP contribution in [0.5, 0.6) is 0 Å². The second-order valence-corrected chi connectivity index (χ2v) is 6.85. The minimum absolute atomic E-state index is 0.209. The van der Waals surface area contributed by atoms with Gasteiger partial charge in [-0.25, -0.2) is 0 Å². The fourth-order valence-electron chi connectivity index (χ4n) is 3.82. The first-order valence-electron chi connectivity index (χ1n) is 8.94. The topological polar surface area (TPSA) is 49.6 Å². The van der Waals surface area contributed by atoms with Crippen LogP contribution in [0.4, 0.5) is 5.69 Å². The van der Waals surface area contributed by atoms with Crippen molar-refractivity contribution >= 4 is 5.69 Å². The predicted octanol–water partition coefficient (Wildman–Crippen LogP) is 3.57. The van der Waals surface area contributed by atoms with Crippen LogP contribution in [0.25, 0.3) is 0 Å². The zero-order valence-corrected chi connectivity index (χ0v) is 13.9. The molecule has 0 aromatic heterocycles. The molecule has 23 heavy (non-hydrogen) atoms. The molecule has 3 rings (SSSR count). The van der Waals surface area contributed by atoms with Gasteiger partial charge in [0.05, 0.1) is 4.92 Å². The first-order chi connectivity index (χ1) is 11.2. The van der Waals surface area contributed by atoms with Gasteiger partial charge in [0.2, 0.25) is 0 Å². The molecule has 1 aromatic carbocycles. The average Bonchev–Trinajstić information content (AvgIpc) is 2.58. The molecule has 1 aromatic rings. The summed E-state index contributed by atoms with van der Waals surface area (Å²) < 4.78 is 0. The molecular formula is C18H27N3O2. The minimum Gasteiger partial charge on any atom is -0.299 e. The third-order valence-electron chi connectivity index (χ3n) is 5.12. The molecule has 0 unspecified atom stereocenters. The summed E-state index contributed by atoms with van der Waals surface area (Å²) in [6.45, 7) is 5.94. The van der Waals surface area contributed by atoms with E-state index in [1.165, 1.54) is 38.5 Å². The van der Waals surface area contributed by atoms with Gasteiger partial charge in [-0.2, -0.15) is 0 Å². The zero-order valence-electron chi connectivity index (χ0n) is 13.9. The Morgan fingerprint density at radius 1 is 0.870 bits per heavy atom. The Balaban J connectivity index is 1.81. The van der Waals surface area contributed by atoms with Crippen LogP contribution in [-0.4, -0.2) is 40.9 Å². The SMILES string of the molecule is O=[N+]([O-])c1cccc(CN2CCCCC2)c1CN1CCCCC1. The number of benzene rings is 1. The van der Waals surface area contributed by atoms with Crippen LogP contribution in [0, 0.1) is 10.1 Å². The predicted molar refractivity (Wildman–Crippen MR) is 91.4 cm³/mol. The molecule has 0 radical (unpaired) electrons. The Morgan fingerprint density at radius 2 is 1.43 bits per heavy atom. The molecule has 126 valence electrons. The van der Waals surface area contributed by atoms with Crippen LogP contribution in [0.2, 0.25) is 0 Å². The van der Waals surface area contributed by atoms with E-state index in [-0.39, 0.29) is 4.92 Å². The van der Waals surface area contributed by atoms with Gasteiger partial charge in [-0.15, -0.1) is 0 Å². The van der Waals surface area contributed by atoms with Crippen molar-refractivity contribution in [1.82, 2.24) is 9.80 Å². The van der Waals surface area contributed by atoms with Gasteiger partial charge in [0, 0.05) is 24.7 Å². The van der Waals surface area contributed by atoms with Crippen molar-refractivity contribution in [2.45, 2.75) is 51.6 Å². The lowest BCUT2D eigenvalue weighted by atomic mass is 10.0. The molecule has 0 saturated carbocycles. The molecule has 0 aliphatic carbocycles. The van der Waals surface area contributed by atoms with Crippen LogP contribution in [0.1, 0.15) is 49.7 Å². The van der Waals surface area contributed by atoms with Gasteiger partial charge in [-0.05, 0) is 57.4 Å². The van der Waals surface area contributed by atoms with Gasteiger partial charge in [0.25, 0.3) is 5.69 Å². The lowest BCUT2D eigenvalue weighted by Crippen LogP contribution is -2.32. The standard InChI is InChI=1S/C18H27N3O2/c22-21(23)18-9-7-8-16(14-19-10-3-1-4-11-19)17(18)15-20-12-5-2-6-13-20/h7-9H,1-6,10-15H2. The number of rotatable bonds is 5. The highest BCUT2D eigenvalue weighted by Crippen LogP contribution is 2.27. The number of piperidine rings is 2. The maximum absolute atomic E-state index is 11.5. The van der Waals surface area contributed by atoms with Gasteiger partial charge in [0.15, 0.2) is 0 Å². The number of hydrogen-bond acceptors (Lipinski definition) is 4. The maximum Gasteiger partial charge on any atom is 0.274 e. The smallest absolute Gasteiger partial charge is 0.274 e. The quantitative estimate of drug-likeness (QED) is 0.615. The second-order valence-electron chi connectivity index (χ2n) is 6.85. The lowest BCUT2D eigenvalue weighted by Gasteiger charge is -2.29. The molecule has 0 N–H and O–H groups in total. The van der Waals surface area contributed by atoms with Crippen LogP contribution in [-0.2, 0) is 13.1 Å². The summed E-state index contributed by atoms with van der Waals surface area (Å²) in [5.74, 6) is 0. The molecule has 2 fully saturated rings. The molecule has 2 aliphatic rings. The van der Waals surface area contributed by atoms with Crippen molar-refractivity contribution < 1.29 is 4.92 Å². The fourth-order valence-corrected chi connectivity index (χ4v) is 3.82. The van der Waals surface area contributed by atoms with E-state index in [1.54, 1.807) is 6.07 Å². The summed E-state index contributed by atoms with van der Waals surface area (Å²) in [4.78, 5) is 16.1. The van der Waals surface area contributed by atoms with E-state index >= 15 is 0 Å². The summed E-state index contributed by atoms with van der Waals surface area (Å²) in [6, 6.07) is 5.59. The van der Waals surface area contributed by atoms with Crippen molar-refractivity contribution in [2.24, 2.45) is 0 Å². The van der Waals surface area contributed by atoms with Gasteiger partial charge in [-0.3, -0.25) is 19.9 Å². The zero-order chi connectivity index (χ0) is 16.1. The first-order valence-corrected chi connectivity index (χ1v) is 8.94. The van der Waals surface area contributed by atoms with Crippen LogP contribution >= 0.6 is 0 Å². The van der Waals surface area contributed by atoms with E-state index < -0.39 is 0 Å². The van der Waals surface area contributed by atoms with Crippen molar-refractivity contribution in [2.75, 3.05) is 26.2 Å². The Morgan fingerprint density at radius 3 is 2.00 bits per heavy atom. The largest absolute Gasteiger partial charge is 0.299 e. The van der Waals surface area contributed by atoms with E-state index in [1.807, 2.05) is 6.07 Å². The Bertz CT molecular complexity index is 535. The van der Waals surface area contributed by atoms with Gasteiger partial charge in [-0.1, -0.05) is 25.0 Å². The first kappa shape index (κ1) is 16.4. The molecule has 0 atom stereocenters. The van der Waals surface area contributed by atoms with E-state index in [0.29, 0.717) is 5.69 Å². The summed E-state index contributed by atoms with van der Waals surface area (Å²) in [5.41, 5.74) is 2.38. The third-order valence-corrected chi connectivity index (χ3v) is 5.12. The summed E-state index contributed by atoms with van der Waals surface area (Å²) >= 11 is 0. The van der Waals surface area contributed by atoms with Crippen molar-refractivity contribution in [3.8, 4) is 0 Å².